The van der Waals surface area contributed by atoms with Crippen LogP contribution in [0.4, 0.5) is 0 Å². The lowest BCUT2D eigenvalue weighted by atomic mass is 10.3. The van der Waals surface area contributed by atoms with Crippen molar-refractivity contribution < 1.29 is 4.42 Å². The molecule has 0 unspecified atom stereocenters. The number of nitrogens with one attached hydrogen (secondary N) is 1. The molecular formula is C7H7N3O2. The van der Waals surface area contributed by atoms with Gasteiger partial charge >= 0.3 is 5.76 Å². The molecule has 5 nitrogen and oxygen atoms in total. The number of hydrogen-bond acceptors (Lipinski definition) is 4. The number of hydrogen-bond donors (Lipinski definition) is 2. The molecule has 62 valence electrons. The molecule has 3 N–H and O–H groups in total. The zero-order valence-electron chi connectivity index (χ0n) is 6.20. The van der Waals surface area contributed by atoms with Crippen molar-refractivity contribution in [3.63, 3.8) is 0 Å². The predicted molar refractivity (Wildman–Crippen MR) is 42.5 cm³/mol. The number of nitrogens with two attached hydrogens (primary N) is 1. The largest absolute Gasteiger partial charge is 0.418 e. The summed E-state index contributed by atoms with van der Waals surface area (Å²) in [6, 6.07) is 3.39. The second-order valence-electron chi connectivity index (χ2n) is 2.37. The van der Waals surface area contributed by atoms with Crippen molar-refractivity contribution in [1.29, 1.82) is 0 Å². The van der Waals surface area contributed by atoms with Crippen molar-refractivity contribution in [2.24, 2.45) is 5.73 Å². The van der Waals surface area contributed by atoms with Gasteiger partial charge in [0.15, 0.2) is 11.2 Å². The summed E-state index contributed by atoms with van der Waals surface area (Å²) in [5, 5.41) is 0. The Balaban J connectivity index is 2.74. The zero-order valence-corrected chi connectivity index (χ0v) is 6.20. The lowest BCUT2D eigenvalue weighted by molar-refractivity contribution is 0.555. The van der Waals surface area contributed by atoms with E-state index in [0.717, 1.165) is 5.69 Å². The normalized spacial score (nSPS) is 10.8. The molecule has 0 aromatic carbocycles. The van der Waals surface area contributed by atoms with Crippen molar-refractivity contribution in [2.75, 3.05) is 0 Å². The van der Waals surface area contributed by atoms with E-state index in [2.05, 4.69) is 9.97 Å². The molecule has 0 saturated carbocycles. The van der Waals surface area contributed by atoms with Crippen molar-refractivity contribution in [1.82, 2.24) is 9.97 Å². The highest BCUT2D eigenvalue weighted by atomic mass is 16.4. The average Bonchev–Trinajstić information content (AvgIpc) is 2.43. The van der Waals surface area contributed by atoms with E-state index in [1.165, 1.54) is 0 Å². The number of fused-ring (bicyclic) bond motifs is 1. The summed E-state index contributed by atoms with van der Waals surface area (Å²) >= 11 is 0. The number of aromatic amines is 1. The monoisotopic (exact) mass is 165 g/mol. The fourth-order valence-corrected chi connectivity index (χ4v) is 0.994. The predicted octanol–water partition coefficient (Wildman–Crippen LogP) is -0.0252. The van der Waals surface area contributed by atoms with Gasteiger partial charge in [0.1, 0.15) is 0 Å². The maximum Gasteiger partial charge on any atom is 0.418 e. The Bertz CT molecular complexity index is 457. The highest BCUT2D eigenvalue weighted by Gasteiger charge is 2.01. The molecule has 0 fully saturated rings. The number of oxazole rings is 1. The topological polar surface area (TPSA) is 84.9 Å². The van der Waals surface area contributed by atoms with Gasteiger partial charge in [-0.05, 0) is 12.1 Å². The third kappa shape index (κ3) is 0.998. The van der Waals surface area contributed by atoms with Crippen LogP contribution in [-0.2, 0) is 6.54 Å². The SMILES string of the molecule is NCc1ccc2oc(=O)[nH]c2n1. The molecule has 0 amide bonds. The first kappa shape index (κ1) is 7.05. The summed E-state index contributed by atoms with van der Waals surface area (Å²) in [6.45, 7) is 0.350. The third-order valence-electron chi connectivity index (χ3n) is 1.55. The third-order valence-corrected chi connectivity index (χ3v) is 1.55. The number of nitrogens with zero attached hydrogens (tertiary/aromatic N) is 1. The van der Waals surface area contributed by atoms with Crippen LogP contribution in [0.5, 0.6) is 0 Å². The minimum Gasteiger partial charge on any atom is -0.406 e. The zero-order chi connectivity index (χ0) is 8.55. The Morgan fingerprint density at radius 2 is 2.42 bits per heavy atom. The molecule has 12 heavy (non-hydrogen) atoms. The Labute approximate surface area is 67.2 Å². The van der Waals surface area contributed by atoms with Gasteiger partial charge in [-0.3, -0.25) is 4.98 Å². The van der Waals surface area contributed by atoms with Gasteiger partial charge in [0.05, 0.1) is 5.69 Å². The molecule has 2 aromatic heterocycles. The summed E-state index contributed by atoms with van der Waals surface area (Å²) < 4.78 is 4.75. The van der Waals surface area contributed by atoms with Crippen LogP contribution in [0.15, 0.2) is 21.3 Å². The van der Waals surface area contributed by atoms with Crippen LogP contribution in [0, 0.1) is 0 Å². The van der Waals surface area contributed by atoms with Crippen LogP contribution in [0.1, 0.15) is 5.69 Å². The Kier molecular flexibility index (Phi) is 1.44. The molecule has 0 saturated heterocycles. The first-order chi connectivity index (χ1) is 5.79. The number of rotatable bonds is 1. The van der Waals surface area contributed by atoms with Gasteiger partial charge in [0.2, 0.25) is 0 Å². The van der Waals surface area contributed by atoms with Crippen molar-refractivity contribution >= 4 is 11.2 Å². The summed E-state index contributed by atoms with van der Waals surface area (Å²) in [5.74, 6) is -0.494. The van der Waals surface area contributed by atoms with Crippen LogP contribution in [0.3, 0.4) is 0 Å². The van der Waals surface area contributed by atoms with Crippen LogP contribution in [-0.4, -0.2) is 9.97 Å². The molecule has 0 radical (unpaired) electrons. The maximum atomic E-state index is 10.7. The second-order valence-corrected chi connectivity index (χ2v) is 2.37. The van der Waals surface area contributed by atoms with Crippen LogP contribution >= 0.6 is 0 Å². The van der Waals surface area contributed by atoms with Crippen LogP contribution < -0.4 is 11.5 Å². The van der Waals surface area contributed by atoms with E-state index < -0.39 is 5.76 Å². The van der Waals surface area contributed by atoms with E-state index in [-0.39, 0.29) is 0 Å². The van der Waals surface area contributed by atoms with Gasteiger partial charge in [-0.15, -0.1) is 0 Å². The lowest BCUT2D eigenvalue weighted by Gasteiger charge is -1.92. The first-order valence-corrected chi connectivity index (χ1v) is 3.48. The Morgan fingerprint density at radius 3 is 3.17 bits per heavy atom. The van der Waals surface area contributed by atoms with Gasteiger partial charge in [-0.25, -0.2) is 9.78 Å². The Hall–Kier alpha value is -1.62. The highest BCUT2D eigenvalue weighted by Crippen LogP contribution is 2.06. The van der Waals surface area contributed by atoms with E-state index in [4.69, 9.17) is 10.2 Å². The highest BCUT2D eigenvalue weighted by molar-refractivity contribution is 5.66. The van der Waals surface area contributed by atoms with Crippen molar-refractivity contribution in [2.45, 2.75) is 6.54 Å². The van der Waals surface area contributed by atoms with E-state index >= 15 is 0 Å². The van der Waals surface area contributed by atoms with E-state index in [1.54, 1.807) is 12.1 Å². The van der Waals surface area contributed by atoms with Gasteiger partial charge in [-0.2, -0.15) is 0 Å². The molecule has 0 aliphatic carbocycles. The van der Waals surface area contributed by atoms with Crippen molar-refractivity contribution in [3.8, 4) is 0 Å². The summed E-state index contributed by atoms with van der Waals surface area (Å²) in [4.78, 5) is 17.2. The molecule has 5 heteroatoms. The van der Waals surface area contributed by atoms with E-state index in [1.807, 2.05) is 0 Å². The first-order valence-electron chi connectivity index (χ1n) is 3.48. The molecule has 0 aliphatic rings. The number of pyridine rings is 1. The molecule has 0 aliphatic heterocycles. The number of aromatic nitrogens is 2. The molecule has 0 atom stereocenters. The molecule has 2 rings (SSSR count). The summed E-state index contributed by atoms with van der Waals surface area (Å²) in [5.41, 5.74) is 6.99. The standard InChI is InChI=1S/C7H7N3O2/c8-3-4-1-2-5-6(9-4)10-7(11)12-5/h1-2H,3,8H2,(H,9,10,11). The lowest BCUT2D eigenvalue weighted by Crippen LogP contribution is -1.99. The van der Waals surface area contributed by atoms with Gasteiger partial charge in [0, 0.05) is 6.54 Å². The maximum absolute atomic E-state index is 10.7. The van der Waals surface area contributed by atoms with Gasteiger partial charge < -0.3 is 10.2 Å². The molecule has 0 spiro atoms. The summed E-state index contributed by atoms with van der Waals surface area (Å²) in [7, 11) is 0. The number of H-pyrrole nitrogens is 1. The molecule has 0 bridgehead atoms. The Morgan fingerprint density at radius 1 is 1.58 bits per heavy atom. The second kappa shape index (κ2) is 2.46. The molecular weight excluding hydrogens is 158 g/mol. The van der Waals surface area contributed by atoms with Crippen LogP contribution in [0.2, 0.25) is 0 Å². The fourth-order valence-electron chi connectivity index (χ4n) is 0.994. The summed E-state index contributed by atoms with van der Waals surface area (Å²) in [6.07, 6.45) is 0. The van der Waals surface area contributed by atoms with Crippen molar-refractivity contribution in [3.05, 3.63) is 28.4 Å². The molecule has 2 aromatic rings. The molecule has 2 heterocycles. The fraction of sp³-hybridized carbons (Fsp3) is 0.143. The minimum atomic E-state index is -0.494. The van der Waals surface area contributed by atoms with Gasteiger partial charge in [-0.1, -0.05) is 0 Å². The van der Waals surface area contributed by atoms with E-state index in [9.17, 15) is 4.79 Å². The van der Waals surface area contributed by atoms with Crippen LogP contribution in [0.25, 0.3) is 11.2 Å². The quantitative estimate of drug-likeness (QED) is 0.621. The average molecular weight is 165 g/mol. The minimum absolute atomic E-state index is 0.350. The van der Waals surface area contributed by atoms with E-state index in [0.29, 0.717) is 17.8 Å². The smallest absolute Gasteiger partial charge is 0.406 e. The van der Waals surface area contributed by atoms with Gasteiger partial charge in [0.25, 0.3) is 0 Å².